The SMILES string of the molecule is CCSc1cc(-c2ccccc2)nc(SCC)c1C#N. The van der Waals surface area contributed by atoms with Gasteiger partial charge in [-0.15, -0.1) is 23.5 Å². The van der Waals surface area contributed by atoms with E-state index in [0.717, 1.165) is 32.7 Å². The van der Waals surface area contributed by atoms with Crippen LogP contribution in [0, 0.1) is 11.3 Å². The Kier molecular flexibility index (Phi) is 5.51. The first kappa shape index (κ1) is 15.0. The number of hydrogen-bond acceptors (Lipinski definition) is 4. The lowest BCUT2D eigenvalue weighted by atomic mass is 10.1. The maximum absolute atomic E-state index is 9.40. The zero-order valence-corrected chi connectivity index (χ0v) is 13.2. The second kappa shape index (κ2) is 7.37. The van der Waals surface area contributed by atoms with E-state index >= 15 is 0 Å². The molecule has 2 rings (SSSR count). The summed E-state index contributed by atoms with van der Waals surface area (Å²) in [6.07, 6.45) is 0. The minimum atomic E-state index is 0.711. The van der Waals surface area contributed by atoms with Crippen molar-refractivity contribution < 1.29 is 0 Å². The van der Waals surface area contributed by atoms with Crippen molar-refractivity contribution >= 4 is 23.5 Å². The molecule has 2 nitrogen and oxygen atoms in total. The molecule has 0 atom stereocenters. The van der Waals surface area contributed by atoms with Gasteiger partial charge in [-0.3, -0.25) is 0 Å². The molecule has 0 saturated carbocycles. The van der Waals surface area contributed by atoms with Gasteiger partial charge in [0.2, 0.25) is 0 Å². The Bertz CT molecular complexity index is 591. The van der Waals surface area contributed by atoms with E-state index < -0.39 is 0 Å². The number of thioether (sulfide) groups is 2. The van der Waals surface area contributed by atoms with Crippen molar-refractivity contribution in [1.82, 2.24) is 4.98 Å². The van der Waals surface area contributed by atoms with Crippen LogP contribution in [0.2, 0.25) is 0 Å². The Labute approximate surface area is 128 Å². The molecule has 1 aromatic carbocycles. The van der Waals surface area contributed by atoms with E-state index in [9.17, 15) is 5.26 Å². The molecule has 0 bridgehead atoms. The van der Waals surface area contributed by atoms with Gasteiger partial charge >= 0.3 is 0 Å². The number of hydrogen-bond donors (Lipinski definition) is 0. The second-order valence-electron chi connectivity index (χ2n) is 4.03. The van der Waals surface area contributed by atoms with E-state index in [1.54, 1.807) is 23.5 Å². The number of rotatable bonds is 5. The summed E-state index contributed by atoms with van der Waals surface area (Å²) in [6, 6.07) is 14.5. The van der Waals surface area contributed by atoms with Crippen molar-refractivity contribution in [3.8, 4) is 17.3 Å². The van der Waals surface area contributed by atoms with Gasteiger partial charge in [-0.25, -0.2) is 4.98 Å². The Balaban J connectivity index is 2.57. The van der Waals surface area contributed by atoms with Crippen molar-refractivity contribution in [3.63, 3.8) is 0 Å². The van der Waals surface area contributed by atoms with Crippen molar-refractivity contribution in [2.24, 2.45) is 0 Å². The van der Waals surface area contributed by atoms with E-state index in [1.165, 1.54) is 0 Å². The predicted octanol–water partition coefficient (Wildman–Crippen LogP) is 4.84. The summed E-state index contributed by atoms with van der Waals surface area (Å²) in [6.45, 7) is 4.18. The van der Waals surface area contributed by atoms with Crippen LogP contribution < -0.4 is 0 Å². The van der Waals surface area contributed by atoms with E-state index in [0.29, 0.717) is 5.56 Å². The topological polar surface area (TPSA) is 36.7 Å². The molecule has 0 fully saturated rings. The number of nitrogens with zero attached hydrogens (tertiary/aromatic N) is 2. The van der Waals surface area contributed by atoms with Gasteiger partial charge in [0.1, 0.15) is 11.1 Å². The standard InChI is InChI=1S/C16H16N2S2/c1-3-19-15-10-14(12-8-6-5-7-9-12)18-16(20-4-2)13(15)11-17/h5-10H,3-4H2,1-2H3. The third-order valence-electron chi connectivity index (χ3n) is 2.71. The summed E-state index contributed by atoms with van der Waals surface area (Å²) in [4.78, 5) is 5.70. The van der Waals surface area contributed by atoms with E-state index in [4.69, 9.17) is 0 Å². The molecule has 0 N–H and O–H groups in total. The normalized spacial score (nSPS) is 10.2. The van der Waals surface area contributed by atoms with Crippen LogP contribution >= 0.6 is 23.5 Å². The highest BCUT2D eigenvalue weighted by atomic mass is 32.2. The van der Waals surface area contributed by atoms with Crippen LogP contribution in [0.15, 0.2) is 46.3 Å². The maximum Gasteiger partial charge on any atom is 0.116 e. The molecule has 1 aromatic heterocycles. The van der Waals surface area contributed by atoms with E-state index in [1.807, 2.05) is 24.3 Å². The molecule has 0 radical (unpaired) electrons. The zero-order chi connectivity index (χ0) is 14.4. The lowest BCUT2D eigenvalue weighted by Crippen LogP contribution is -1.95. The van der Waals surface area contributed by atoms with Crippen LogP contribution in [-0.4, -0.2) is 16.5 Å². The van der Waals surface area contributed by atoms with Gasteiger partial charge in [0.15, 0.2) is 0 Å². The van der Waals surface area contributed by atoms with Crippen LogP contribution in [0.3, 0.4) is 0 Å². The molecule has 0 amide bonds. The summed E-state index contributed by atoms with van der Waals surface area (Å²) >= 11 is 3.33. The number of aromatic nitrogens is 1. The monoisotopic (exact) mass is 300 g/mol. The third-order valence-corrected chi connectivity index (χ3v) is 4.49. The second-order valence-corrected chi connectivity index (χ2v) is 6.59. The Morgan fingerprint density at radius 3 is 2.40 bits per heavy atom. The van der Waals surface area contributed by atoms with Gasteiger partial charge in [-0.1, -0.05) is 44.2 Å². The molecule has 102 valence electrons. The number of benzene rings is 1. The molecule has 0 aliphatic heterocycles. The molecule has 0 spiro atoms. The molecule has 1 heterocycles. The van der Waals surface area contributed by atoms with Crippen LogP contribution in [-0.2, 0) is 0 Å². The average molecular weight is 300 g/mol. The minimum Gasteiger partial charge on any atom is -0.240 e. The fourth-order valence-corrected chi connectivity index (χ4v) is 3.46. The first-order valence-corrected chi connectivity index (χ1v) is 8.53. The van der Waals surface area contributed by atoms with Gasteiger partial charge in [-0.2, -0.15) is 5.26 Å². The van der Waals surface area contributed by atoms with E-state index in [2.05, 4.69) is 37.0 Å². The molecule has 2 aromatic rings. The molecule has 0 unspecified atom stereocenters. The average Bonchev–Trinajstić information content (AvgIpc) is 2.48. The van der Waals surface area contributed by atoms with Gasteiger partial charge in [0.05, 0.1) is 11.3 Å². The summed E-state index contributed by atoms with van der Waals surface area (Å²) in [5.41, 5.74) is 2.74. The van der Waals surface area contributed by atoms with Crippen LogP contribution in [0.4, 0.5) is 0 Å². The lowest BCUT2D eigenvalue weighted by Gasteiger charge is -2.10. The van der Waals surface area contributed by atoms with Crippen molar-refractivity contribution in [3.05, 3.63) is 42.0 Å². The fraction of sp³-hybridized carbons (Fsp3) is 0.250. The molecule has 0 aliphatic rings. The van der Waals surface area contributed by atoms with Crippen molar-refractivity contribution in [2.45, 2.75) is 23.8 Å². The Morgan fingerprint density at radius 1 is 1.10 bits per heavy atom. The molecular formula is C16H16N2S2. The molecule has 0 aliphatic carbocycles. The Hall–Kier alpha value is -1.44. The fourth-order valence-electron chi connectivity index (χ4n) is 1.87. The highest BCUT2D eigenvalue weighted by Crippen LogP contribution is 2.33. The Morgan fingerprint density at radius 2 is 1.80 bits per heavy atom. The largest absolute Gasteiger partial charge is 0.240 e. The van der Waals surface area contributed by atoms with Crippen LogP contribution in [0.5, 0.6) is 0 Å². The third kappa shape index (κ3) is 3.36. The molecule has 20 heavy (non-hydrogen) atoms. The van der Waals surface area contributed by atoms with Crippen molar-refractivity contribution in [2.75, 3.05) is 11.5 Å². The quantitative estimate of drug-likeness (QED) is 0.740. The smallest absolute Gasteiger partial charge is 0.116 e. The highest BCUT2D eigenvalue weighted by molar-refractivity contribution is 8.00. The summed E-state index contributed by atoms with van der Waals surface area (Å²) in [5.74, 6) is 1.86. The lowest BCUT2D eigenvalue weighted by molar-refractivity contribution is 1.07. The van der Waals surface area contributed by atoms with Crippen LogP contribution in [0.25, 0.3) is 11.3 Å². The zero-order valence-electron chi connectivity index (χ0n) is 11.6. The van der Waals surface area contributed by atoms with Crippen molar-refractivity contribution in [1.29, 1.82) is 5.26 Å². The number of pyridine rings is 1. The van der Waals surface area contributed by atoms with E-state index in [-0.39, 0.29) is 0 Å². The van der Waals surface area contributed by atoms with Gasteiger partial charge in [-0.05, 0) is 17.6 Å². The summed E-state index contributed by atoms with van der Waals surface area (Å²) < 4.78 is 0. The summed E-state index contributed by atoms with van der Waals surface area (Å²) in [7, 11) is 0. The minimum absolute atomic E-state index is 0.711. The van der Waals surface area contributed by atoms with Gasteiger partial charge < -0.3 is 0 Å². The summed E-state index contributed by atoms with van der Waals surface area (Å²) in [5, 5.41) is 10.2. The predicted molar refractivity (Wildman–Crippen MR) is 87.2 cm³/mol. The molecule has 4 heteroatoms. The first-order chi connectivity index (χ1) is 9.80. The highest BCUT2D eigenvalue weighted by Gasteiger charge is 2.13. The van der Waals surface area contributed by atoms with Gasteiger partial charge in [0.25, 0.3) is 0 Å². The molecular weight excluding hydrogens is 284 g/mol. The maximum atomic E-state index is 9.40. The van der Waals surface area contributed by atoms with Gasteiger partial charge in [0, 0.05) is 10.5 Å². The number of nitriles is 1. The molecule has 0 saturated heterocycles. The first-order valence-electron chi connectivity index (χ1n) is 6.56. The van der Waals surface area contributed by atoms with Crippen LogP contribution in [0.1, 0.15) is 19.4 Å².